The molecule has 0 aliphatic heterocycles. The SMILES string of the molecule is CC(=O)c1ccc(C(=O)CC(C)C)cc1. The molecule has 2 heteroatoms. The van der Waals surface area contributed by atoms with Crippen LogP contribution in [0.3, 0.4) is 0 Å². The number of rotatable bonds is 4. The number of hydrogen-bond acceptors (Lipinski definition) is 2. The van der Waals surface area contributed by atoms with Crippen LogP contribution in [0.15, 0.2) is 24.3 Å². The Kier molecular flexibility index (Phi) is 3.78. The normalized spacial score (nSPS) is 10.4. The van der Waals surface area contributed by atoms with Gasteiger partial charge in [0.1, 0.15) is 0 Å². The van der Waals surface area contributed by atoms with Crippen LogP contribution in [-0.2, 0) is 0 Å². The van der Waals surface area contributed by atoms with Crippen molar-refractivity contribution in [2.45, 2.75) is 27.2 Å². The summed E-state index contributed by atoms with van der Waals surface area (Å²) in [6.07, 6.45) is 0.555. The van der Waals surface area contributed by atoms with Gasteiger partial charge in [-0.2, -0.15) is 0 Å². The zero-order valence-electron chi connectivity index (χ0n) is 9.41. The molecule has 80 valence electrons. The summed E-state index contributed by atoms with van der Waals surface area (Å²) in [5.41, 5.74) is 1.34. The fourth-order valence-corrected chi connectivity index (χ4v) is 1.38. The Morgan fingerprint density at radius 2 is 1.53 bits per heavy atom. The van der Waals surface area contributed by atoms with Crippen LogP contribution in [0, 0.1) is 5.92 Å². The smallest absolute Gasteiger partial charge is 0.163 e. The highest BCUT2D eigenvalue weighted by atomic mass is 16.1. The maximum atomic E-state index is 11.7. The lowest BCUT2D eigenvalue weighted by molar-refractivity contribution is 0.0965. The summed E-state index contributed by atoms with van der Waals surface area (Å²) >= 11 is 0. The fourth-order valence-electron chi connectivity index (χ4n) is 1.38. The van der Waals surface area contributed by atoms with E-state index in [9.17, 15) is 9.59 Å². The molecule has 0 N–H and O–H groups in total. The highest BCUT2D eigenvalue weighted by Gasteiger charge is 2.08. The number of ketones is 2. The average Bonchev–Trinajstić information content (AvgIpc) is 2.17. The molecular weight excluding hydrogens is 188 g/mol. The van der Waals surface area contributed by atoms with E-state index in [1.54, 1.807) is 24.3 Å². The Morgan fingerprint density at radius 3 is 1.93 bits per heavy atom. The Morgan fingerprint density at radius 1 is 1.07 bits per heavy atom. The van der Waals surface area contributed by atoms with Crippen molar-refractivity contribution in [2.24, 2.45) is 5.92 Å². The van der Waals surface area contributed by atoms with Gasteiger partial charge < -0.3 is 0 Å². The van der Waals surface area contributed by atoms with Crippen LogP contribution in [0.4, 0.5) is 0 Å². The summed E-state index contributed by atoms with van der Waals surface area (Å²) < 4.78 is 0. The van der Waals surface area contributed by atoms with Gasteiger partial charge in [-0.05, 0) is 12.8 Å². The van der Waals surface area contributed by atoms with Crippen LogP contribution in [0.25, 0.3) is 0 Å². The molecule has 15 heavy (non-hydrogen) atoms. The van der Waals surface area contributed by atoms with Crippen molar-refractivity contribution in [3.05, 3.63) is 35.4 Å². The van der Waals surface area contributed by atoms with Crippen molar-refractivity contribution >= 4 is 11.6 Å². The summed E-state index contributed by atoms with van der Waals surface area (Å²) in [6, 6.07) is 6.86. The summed E-state index contributed by atoms with van der Waals surface area (Å²) in [7, 11) is 0. The van der Waals surface area contributed by atoms with E-state index >= 15 is 0 Å². The number of Topliss-reactive ketones (excluding diaryl/α,β-unsaturated/α-hetero) is 2. The molecule has 1 rings (SSSR count). The van der Waals surface area contributed by atoms with E-state index in [2.05, 4.69) is 0 Å². The Bertz CT molecular complexity index is 361. The van der Waals surface area contributed by atoms with Crippen LogP contribution in [0.5, 0.6) is 0 Å². The lowest BCUT2D eigenvalue weighted by Gasteiger charge is -2.04. The van der Waals surface area contributed by atoms with E-state index in [0.29, 0.717) is 23.5 Å². The molecule has 1 aromatic carbocycles. The topological polar surface area (TPSA) is 34.1 Å². The minimum absolute atomic E-state index is 0.0258. The molecule has 0 bridgehead atoms. The highest BCUT2D eigenvalue weighted by Crippen LogP contribution is 2.11. The summed E-state index contributed by atoms with van der Waals surface area (Å²) in [5, 5.41) is 0. The van der Waals surface area contributed by atoms with Crippen molar-refractivity contribution in [1.29, 1.82) is 0 Å². The third-order valence-electron chi connectivity index (χ3n) is 2.21. The van der Waals surface area contributed by atoms with E-state index < -0.39 is 0 Å². The van der Waals surface area contributed by atoms with Crippen LogP contribution in [-0.4, -0.2) is 11.6 Å². The van der Waals surface area contributed by atoms with E-state index in [0.717, 1.165) is 0 Å². The minimum Gasteiger partial charge on any atom is -0.295 e. The van der Waals surface area contributed by atoms with Gasteiger partial charge in [0.05, 0.1) is 0 Å². The molecule has 0 atom stereocenters. The first-order valence-electron chi connectivity index (χ1n) is 5.15. The van der Waals surface area contributed by atoms with Gasteiger partial charge in [-0.15, -0.1) is 0 Å². The van der Waals surface area contributed by atoms with Gasteiger partial charge in [0.2, 0.25) is 0 Å². The monoisotopic (exact) mass is 204 g/mol. The van der Waals surface area contributed by atoms with Crippen molar-refractivity contribution in [2.75, 3.05) is 0 Å². The van der Waals surface area contributed by atoms with Gasteiger partial charge in [-0.25, -0.2) is 0 Å². The number of carbonyl (C=O) groups is 2. The Balaban J connectivity index is 2.80. The molecule has 0 aliphatic carbocycles. The zero-order chi connectivity index (χ0) is 11.4. The summed E-state index contributed by atoms with van der Waals surface area (Å²) in [4.78, 5) is 22.7. The molecular formula is C13H16O2. The van der Waals surface area contributed by atoms with Crippen LogP contribution < -0.4 is 0 Å². The quantitative estimate of drug-likeness (QED) is 0.706. The van der Waals surface area contributed by atoms with E-state index in [1.807, 2.05) is 13.8 Å². The van der Waals surface area contributed by atoms with E-state index in [-0.39, 0.29) is 11.6 Å². The second kappa shape index (κ2) is 4.87. The van der Waals surface area contributed by atoms with Crippen LogP contribution in [0.1, 0.15) is 47.9 Å². The van der Waals surface area contributed by atoms with E-state index in [1.165, 1.54) is 6.92 Å². The maximum absolute atomic E-state index is 11.7. The molecule has 0 saturated carbocycles. The largest absolute Gasteiger partial charge is 0.295 e. The van der Waals surface area contributed by atoms with E-state index in [4.69, 9.17) is 0 Å². The van der Waals surface area contributed by atoms with Crippen molar-refractivity contribution in [3.63, 3.8) is 0 Å². The minimum atomic E-state index is 0.0258. The van der Waals surface area contributed by atoms with Crippen LogP contribution >= 0.6 is 0 Å². The maximum Gasteiger partial charge on any atom is 0.163 e. The standard InChI is InChI=1S/C13H16O2/c1-9(2)8-13(15)12-6-4-11(5-7-12)10(3)14/h4-7,9H,8H2,1-3H3. The van der Waals surface area contributed by atoms with Crippen molar-refractivity contribution in [1.82, 2.24) is 0 Å². The van der Waals surface area contributed by atoms with Gasteiger partial charge in [0.25, 0.3) is 0 Å². The number of carbonyl (C=O) groups excluding carboxylic acids is 2. The first-order chi connectivity index (χ1) is 7.00. The second-order valence-electron chi connectivity index (χ2n) is 4.15. The second-order valence-corrected chi connectivity index (χ2v) is 4.15. The number of benzene rings is 1. The molecule has 0 aliphatic rings. The van der Waals surface area contributed by atoms with Crippen molar-refractivity contribution in [3.8, 4) is 0 Å². The average molecular weight is 204 g/mol. The fraction of sp³-hybridized carbons (Fsp3) is 0.385. The first-order valence-corrected chi connectivity index (χ1v) is 5.15. The predicted molar refractivity (Wildman–Crippen MR) is 60.2 cm³/mol. The van der Waals surface area contributed by atoms with Gasteiger partial charge in [0, 0.05) is 17.5 Å². The van der Waals surface area contributed by atoms with Gasteiger partial charge in [-0.1, -0.05) is 38.1 Å². The third kappa shape index (κ3) is 3.31. The molecule has 0 heterocycles. The first kappa shape index (κ1) is 11.6. The predicted octanol–water partition coefficient (Wildman–Crippen LogP) is 3.12. The van der Waals surface area contributed by atoms with Gasteiger partial charge >= 0.3 is 0 Å². The lowest BCUT2D eigenvalue weighted by atomic mass is 10.00. The Labute approximate surface area is 90.3 Å². The molecule has 0 saturated heterocycles. The molecule has 2 nitrogen and oxygen atoms in total. The molecule has 0 unspecified atom stereocenters. The summed E-state index contributed by atoms with van der Waals surface area (Å²) in [6.45, 7) is 5.55. The molecule has 0 spiro atoms. The summed E-state index contributed by atoms with van der Waals surface area (Å²) in [5.74, 6) is 0.531. The zero-order valence-corrected chi connectivity index (χ0v) is 9.41. The molecule has 0 aromatic heterocycles. The lowest BCUT2D eigenvalue weighted by Crippen LogP contribution is -2.04. The van der Waals surface area contributed by atoms with Crippen LogP contribution in [0.2, 0.25) is 0 Å². The molecule has 0 radical (unpaired) electrons. The highest BCUT2D eigenvalue weighted by molar-refractivity contribution is 5.98. The number of hydrogen-bond donors (Lipinski definition) is 0. The van der Waals surface area contributed by atoms with Gasteiger partial charge in [-0.3, -0.25) is 9.59 Å². The Hall–Kier alpha value is -1.44. The molecule has 0 amide bonds. The molecule has 0 fully saturated rings. The van der Waals surface area contributed by atoms with Crippen molar-refractivity contribution < 1.29 is 9.59 Å². The molecule has 1 aromatic rings. The van der Waals surface area contributed by atoms with Gasteiger partial charge in [0.15, 0.2) is 11.6 Å². The third-order valence-corrected chi connectivity index (χ3v) is 2.21.